The molecule has 0 radical (unpaired) electrons. The zero-order valence-corrected chi connectivity index (χ0v) is 10.5. The Morgan fingerprint density at radius 2 is 2.50 bits per heavy atom. The number of rotatable bonds is 4. The molecule has 1 amide bonds. The smallest absolute Gasteiger partial charge is 0.224 e. The fourth-order valence-electron chi connectivity index (χ4n) is 1.94. The molecule has 1 aromatic rings. The van der Waals surface area contributed by atoms with Gasteiger partial charge < -0.3 is 10.2 Å². The van der Waals surface area contributed by atoms with Gasteiger partial charge in [-0.25, -0.2) is 0 Å². The minimum Gasteiger partial charge on any atom is -0.339 e. The quantitative estimate of drug-likeness (QED) is 0.860. The molecule has 1 fully saturated rings. The number of hydrogen-bond donors (Lipinski definition) is 1. The monoisotopic (exact) mass is 239 g/mol. The van der Waals surface area contributed by atoms with Crippen molar-refractivity contribution >= 4 is 17.2 Å². The Kier molecular flexibility index (Phi) is 3.56. The first-order valence-corrected chi connectivity index (χ1v) is 6.45. The number of carbonyl (C=O) groups is 1. The number of carbonyl (C=O) groups excluding carboxylic acids is 1. The van der Waals surface area contributed by atoms with Gasteiger partial charge in [-0.3, -0.25) is 9.78 Å². The molecule has 4 nitrogen and oxygen atoms in total. The number of thiazole rings is 1. The van der Waals surface area contributed by atoms with Crippen molar-refractivity contribution in [2.24, 2.45) is 0 Å². The average molecular weight is 239 g/mol. The number of nitrogens with zero attached hydrogens (tertiary/aromatic N) is 2. The second-order valence-electron chi connectivity index (χ2n) is 4.39. The van der Waals surface area contributed by atoms with E-state index in [0.29, 0.717) is 12.5 Å². The second kappa shape index (κ2) is 4.93. The fraction of sp³-hybridized carbons (Fsp3) is 0.636. The number of nitrogens with one attached hydrogen (secondary N) is 1. The Hall–Kier alpha value is -0.940. The third kappa shape index (κ3) is 2.59. The van der Waals surface area contributed by atoms with Gasteiger partial charge in [-0.15, -0.1) is 11.3 Å². The van der Waals surface area contributed by atoms with Crippen molar-refractivity contribution in [2.75, 3.05) is 6.54 Å². The molecule has 1 aliphatic heterocycles. The standard InChI is InChI=1S/C11H17N3OS/c1-8(2)14-6-9(3-11(14)15)13-5-10-4-12-7-16-10/h4,7-9,13H,3,5-6H2,1-2H3. The van der Waals surface area contributed by atoms with E-state index in [1.54, 1.807) is 11.3 Å². The summed E-state index contributed by atoms with van der Waals surface area (Å²) in [6, 6.07) is 0.597. The van der Waals surface area contributed by atoms with Gasteiger partial charge in [-0.1, -0.05) is 0 Å². The highest BCUT2D eigenvalue weighted by atomic mass is 32.1. The lowest BCUT2D eigenvalue weighted by Gasteiger charge is -2.21. The predicted molar refractivity (Wildman–Crippen MR) is 64.2 cm³/mol. The highest BCUT2D eigenvalue weighted by Crippen LogP contribution is 2.15. The summed E-state index contributed by atoms with van der Waals surface area (Å²) in [5, 5.41) is 3.41. The van der Waals surface area contributed by atoms with E-state index in [9.17, 15) is 4.79 Å². The van der Waals surface area contributed by atoms with Crippen LogP contribution in [0, 0.1) is 0 Å². The van der Waals surface area contributed by atoms with Crippen LogP contribution in [0.5, 0.6) is 0 Å². The van der Waals surface area contributed by atoms with Crippen molar-refractivity contribution in [2.45, 2.75) is 38.9 Å². The van der Waals surface area contributed by atoms with Gasteiger partial charge >= 0.3 is 0 Å². The van der Waals surface area contributed by atoms with Crippen LogP contribution < -0.4 is 5.32 Å². The van der Waals surface area contributed by atoms with Crippen LogP contribution in [0.4, 0.5) is 0 Å². The molecular weight excluding hydrogens is 222 g/mol. The van der Waals surface area contributed by atoms with E-state index in [4.69, 9.17) is 0 Å². The summed E-state index contributed by atoms with van der Waals surface area (Å²) in [5.41, 5.74) is 1.83. The highest BCUT2D eigenvalue weighted by molar-refractivity contribution is 7.09. The SMILES string of the molecule is CC(C)N1CC(NCc2cncs2)CC1=O. The van der Waals surface area contributed by atoms with E-state index < -0.39 is 0 Å². The van der Waals surface area contributed by atoms with Crippen LogP contribution in [0.25, 0.3) is 0 Å². The number of amides is 1. The van der Waals surface area contributed by atoms with Gasteiger partial charge in [0.25, 0.3) is 0 Å². The minimum absolute atomic E-state index is 0.261. The summed E-state index contributed by atoms with van der Waals surface area (Å²) < 4.78 is 0. The van der Waals surface area contributed by atoms with Crippen molar-refractivity contribution in [3.8, 4) is 0 Å². The zero-order chi connectivity index (χ0) is 11.5. The first-order chi connectivity index (χ1) is 7.66. The lowest BCUT2D eigenvalue weighted by Crippen LogP contribution is -2.35. The first-order valence-electron chi connectivity index (χ1n) is 5.57. The molecule has 1 saturated heterocycles. The van der Waals surface area contributed by atoms with Crippen LogP contribution in [0.3, 0.4) is 0 Å². The first kappa shape index (κ1) is 11.5. The van der Waals surface area contributed by atoms with Crippen molar-refractivity contribution in [1.29, 1.82) is 0 Å². The van der Waals surface area contributed by atoms with Gasteiger partial charge in [-0.05, 0) is 13.8 Å². The maximum atomic E-state index is 11.7. The molecule has 16 heavy (non-hydrogen) atoms. The predicted octanol–water partition coefficient (Wildman–Crippen LogP) is 1.24. The van der Waals surface area contributed by atoms with Gasteiger partial charge in [0.05, 0.1) is 5.51 Å². The molecule has 5 heteroatoms. The van der Waals surface area contributed by atoms with Gasteiger partial charge in [0.15, 0.2) is 0 Å². The lowest BCUT2D eigenvalue weighted by atomic mass is 10.2. The molecule has 0 saturated carbocycles. The molecule has 0 aromatic carbocycles. The van der Waals surface area contributed by atoms with Gasteiger partial charge in [0, 0.05) is 42.7 Å². The number of aromatic nitrogens is 1. The van der Waals surface area contributed by atoms with Crippen LogP contribution in [0.15, 0.2) is 11.7 Å². The average Bonchev–Trinajstić information content (AvgIpc) is 2.83. The summed E-state index contributed by atoms with van der Waals surface area (Å²) >= 11 is 1.64. The topological polar surface area (TPSA) is 45.2 Å². The summed E-state index contributed by atoms with van der Waals surface area (Å²) in [5.74, 6) is 0.261. The van der Waals surface area contributed by atoms with E-state index in [1.807, 2.05) is 16.6 Å². The molecule has 0 bridgehead atoms. The Labute approximate surface area is 99.7 Å². The molecule has 1 aliphatic rings. The summed E-state index contributed by atoms with van der Waals surface area (Å²) in [6.45, 7) is 5.76. The normalized spacial score (nSPS) is 21.1. The molecule has 1 atom stereocenters. The zero-order valence-electron chi connectivity index (χ0n) is 9.64. The van der Waals surface area contributed by atoms with Crippen molar-refractivity contribution in [3.63, 3.8) is 0 Å². The van der Waals surface area contributed by atoms with Crippen LogP contribution in [0.2, 0.25) is 0 Å². The van der Waals surface area contributed by atoms with Crippen LogP contribution in [0.1, 0.15) is 25.1 Å². The molecule has 0 spiro atoms. The van der Waals surface area contributed by atoms with E-state index in [1.165, 1.54) is 4.88 Å². The van der Waals surface area contributed by atoms with Crippen LogP contribution >= 0.6 is 11.3 Å². The molecule has 1 N–H and O–H groups in total. The van der Waals surface area contributed by atoms with E-state index in [0.717, 1.165) is 13.1 Å². The maximum Gasteiger partial charge on any atom is 0.224 e. The Bertz CT molecular complexity index is 350. The largest absolute Gasteiger partial charge is 0.339 e. The summed E-state index contributed by atoms with van der Waals surface area (Å²) in [6.07, 6.45) is 2.49. The lowest BCUT2D eigenvalue weighted by molar-refractivity contribution is -0.129. The van der Waals surface area contributed by atoms with Crippen molar-refractivity contribution in [1.82, 2.24) is 15.2 Å². The molecule has 2 rings (SSSR count). The number of likely N-dealkylation sites (tertiary alicyclic amines) is 1. The van der Waals surface area contributed by atoms with Crippen LogP contribution in [-0.2, 0) is 11.3 Å². The van der Waals surface area contributed by atoms with Crippen LogP contribution in [-0.4, -0.2) is 34.4 Å². The minimum atomic E-state index is 0.261. The van der Waals surface area contributed by atoms with E-state index >= 15 is 0 Å². The number of hydrogen-bond acceptors (Lipinski definition) is 4. The Balaban J connectivity index is 1.82. The summed E-state index contributed by atoms with van der Waals surface area (Å²) in [4.78, 5) is 18.8. The Morgan fingerprint density at radius 3 is 3.06 bits per heavy atom. The van der Waals surface area contributed by atoms with Gasteiger partial charge in [0.2, 0.25) is 5.91 Å². The molecule has 1 unspecified atom stereocenters. The molecule has 88 valence electrons. The molecular formula is C11H17N3OS. The molecule has 1 aromatic heterocycles. The molecule has 0 aliphatic carbocycles. The van der Waals surface area contributed by atoms with E-state index in [-0.39, 0.29) is 11.9 Å². The second-order valence-corrected chi connectivity index (χ2v) is 5.36. The third-order valence-corrected chi connectivity index (χ3v) is 3.61. The van der Waals surface area contributed by atoms with Gasteiger partial charge in [-0.2, -0.15) is 0 Å². The highest BCUT2D eigenvalue weighted by Gasteiger charge is 2.30. The van der Waals surface area contributed by atoms with Crippen molar-refractivity contribution in [3.05, 3.63) is 16.6 Å². The maximum absolute atomic E-state index is 11.7. The van der Waals surface area contributed by atoms with Gasteiger partial charge in [0.1, 0.15) is 0 Å². The Morgan fingerprint density at radius 1 is 1.69 bits per heavy atom. The third-order valence-electron chi connectivity index (χ3n) is 2.83. The molecule has 2 heterocycles. The van der Waals surface area contributed by atoms with Crippen molar-refractivity contribution < 1.29 is 4.79 Å². The summed E-state index contributed by atoms with van der Waals surface area (Å²) in [7, 11) is 0. The fourth-order valence-corrected chi connectivity index (χ4v) is 2.49. The van der Waals surface area contributed by atoms with E-state index in [2.05, 4.69) is 24.1 Å².